The van der Waals surface area contributed by atoms with Gasteiger partial charge in [-0.25, -0.2) is 8.78 Å². The molecule has 8 nitrogen and oxygen atoms in total. The molecule has 0 unspecified atom stereocenters. The first-order chi connectivity index (χ1) is 17.7. The van der Waals surface area contributed by atoms with E-state index in [-0.39, 0.29) is 29.4 Å². The summed E-state index contributed by atoms with van der Waals surface area (Å²) < 4.78 is 37.0. The quantitative estimate of drug-likeness (QED) is 0.347. The third-order valence-electron chi connectivity index (χ3n) is 6.07. The van der Waals surface area contributed by atoms with Crippen LogP contribution in [0.25, 0.3) is 22.0 Å². The summed E-state index contributed by atoms with van der Waals surface area (Å²) in [6.07, 6.45) is 3.37. The molecule has 2 N–H and O–H groups in total. The molecule has 37 heavy (non-hydrogen) atoms. The number of H-pyrrole nitrogens is 1. The fourth-order valence-corrected chi connectivity index (χ4v) is 4.25. The Hall–Kier alpha value is -4.73. The van der Waals surface area contributed by atoms with Gasteiger partial charge in [-0.2, -0.15) is 5.10 Å². The third kappa shape index (κ3) is 4.73. The summed E-state index contributed by atoms with van der Waals surface area (Å²) in [7, 11) is 3.54. The van der Waals surface area contributed by atoms with E-state index in [0.717, 1.165) is 17.8 Å². The molecule has 0 saturated carbocycles. The Labute approximate surface area is 210 Å². The first-order valence-corrected chi connectivity index (χ1v) is 11.4. The molecular formula is C27H23F2N5O3. The number of benzene rings is 2. The third-order valence-corrected chi connectivity index (χ3v) is 6.07. The van der Waals surface area contributed by atoms with Crippen LogP contribution in [-0.4, -0.2) is 25.2 Å². The highest BCUT2D eigenvalue weighted by atomic mass is 19.1. The molecule has 0 fully saturated rings. The Balaban J connectivity index is 1.56. The van der Waals surface area contributed by atoms with Gasteiger partial charge in [-0.3, -0.25) is 14.3 Å². The lowest BCUT2D eigenvalue weighted by atomic mass is 10.0. The molecule has 0 spiro atoms. The molecule has 1 amide bonds. The average molecular weight is 504 g/mol. The number of halogens is 2. The number of hydrogen-bond donors (Lipinski definition) is 2. The lowest BCUT2D eigenvalue weighted by molar-refractivity contribution is -0.115. The van der Waals surface area contributed by atoms with Crippen LogP contribution < -0.4 is 15.6 Å². The second-order valence-corrected chi connectivity index (χ2v) is 8.74. The number of nitrogens with zero attached hydrogens (tertiary/aromatic N) is 3. The van der Waals surface area contributed by atoms with Crippen molar-refractivity contribution in [2.24, 2.45) is 14.1 Å². The molecule has 5 aromatic rings. The Kier molecular flexibility index (Phi) is 6.08. The number of rotatable bonds is 6. The smallest absolute Gasteiger partial charge is 0.272 e. The monoisotopic (exact) mass is 503 g/mol. The van der Waals surface area contributed by atoms with E-state index in [9.17, 15) is 18.4 Å². The first-order valence-electron chi connectivity index (χ1n) is 11.4. The van der Waals surface area contributed by atoms with Gasteiger partial charge in [-0.15, -0.1) is 0 Å². The van der Waals surface area contributed by atoms with Gasteiger partial charge in [0.05, 0.1) is 12.1 Å². The highest BCUT2D eigenvalue weighted by molar-refractivity contribution is 5.99. The van der Waals surface area contributed by atoms with Crippen LogP contribution in [0.4, 0.5) is 14.5 Å². The molecule has 0 radical (unpaired) electrons. The molecule has 0 saturated heterocycles. The van der Waals surface area contributed by atoms with Crippen LogP contribution in [0.2, 0.25) is 0 Å². The highest BCUT2D eigenvalue weighted by Crippen LogP contribution is 2.39. The molecule has 3 aromatic heterocycles. The minimum atomic E-state index is -0.858. The summed E-state index contributed by atoms with van der Waals surface area (Å²) in [5.41, 5.74) is 3.36. The van der Waals surface area contributed by atoms with E-state index in [2.05, 4.69) is 15.4 Å². The van der Waals surface area contributed by atoms with Crippen LogP contribution in [0.15, 0.2) is 65.7 Å². The molecule has 3 heterocycles. The van der Waals surface area contributed by atoms with E-state index in [1.807, 2.05) is 13.0 Å². The zero-order valence-corrected chi connectivity index (χ0v) is 20.3. The summed E-state index contributed by atoms with van der Waals surface area (Å²) in [4.78, 5) is 27.8. The average Bonchev–Trinajstić information content (AvgIpc) is 3.35. The standard InChI is InChI=1S/C27H23F2N5O3/c1-15-10-18(32-34(15)3)13-25(35)31-17-5-7-23(37-24-6-4-16(28)11-22(24)29)20(12-17)21-14-33(2)26-19(21)8-9-30-27(26)36/h4-12,14H,13H2,1-3H3,(H,30,36)(H,31,35). The number of fused-ring (bicyclic) bond motifs is 1. The minimum Gasteiger partial charge on any atom is -0.454 e. The van der Waals surface area contributed by atoms with Gasteiger partial charge in [0.25, 0.3) is 5.56 Å². The predicted molar refractivity (Wildman–Crippen MR) is 136 cm³/mol. The summed E-state index contributed by atoms with van der Waals surface area (Å²) in [6, 6.07) is 11.5. The van der Waals surface area contributed by atoms with Crippen LogP contribution in [0.5, 0.6) is 11.5 Å². The van der Waals surface area contributed by atoms with Crippen LogP contribution in [0, 0.1) is 18.6 Å². The molecular weight excluding hydrogens is 480 g/mol. The summed E-state index contributed by atoms with van der Waals surface area (Å²) in [6.45, 7) is 1.90. The molecule has 0 aliphatic heterocycles. The SMILES string of the molecule is Cc1cc(CC(=O)Nc2ccc(Oc3ccc(F)cc3F)c(-c3cn(C)c4c(=O)[nH]ccc34)c2)nn1C. The number of aryl methyl sites for hydroxylation is 3. The molecule has 0 atom stereocenters. The van der Waals surface area contributed by atoms with Crippen LogP contribution >= 0.6 is 0 Å². The van der Waals surface area contributed by atoms with Gasteiger partial charge in [-0.1, -0.05) is 0 Å². The zero-order valence-electron chi connectivity index (χ0n) is 20.3. The number of aromatic amines is 1. The number of anilines is 1. The first kappa shape index (κ1) is 24.0. The Bertz CT molecular complexity index is 1700. The van der Waals surface area contributed by atoms with Crippen molar-refractivity contribution in [3.05, 3.63) is 94.3 Å². The lowest BCUT2D eigenvalue weighted by Gasteiger charge is -2.14. The minimum absolute atomic E-state index is 0.0830. The number of amides is 1. The van der Waals surface area contributed by atoms with E-state index in [4.69, 9.17) is 4.74 Å². The largest absolute Gasteiger partial charge is 0.454 e. The van der Waals surface area contributed by atoms with Crippen LogP contribution in [-0.2, 0) is 25.3 Å². The van der Waals surface area contributed by atoms with E-state index in [1.165, 1.54) is 12.3 Å². The second kappa shape index (κ2) is 9.38. The number of carbonyl (C=O) groups excluding carboxylic acids is 1. The Morgan fingerprint density at radius 1 is 1.05 bits per heavy atom. The fourth-order valence-electron chi connectivity index (χ4n) is 4.25. The van der Waals surface area contributed by atoms with E-state index in [1.54, 1.807) is 53.8 Å². The van der Waals surface area contributed by atoms with Gasteiger partial charge in [0, 0.05) is 60.4 Å². The van der Waals surface area contributed by atoms with Crippen LogP contribution in [0.1, 0.15) is 11.4 Å². The number of nitrogens with one attached hydrogen (secondary N) is 2. The summed E-state index contributed by atoms with van der Waals surface area (Å²) in [5.74, 6) is -1.75. The van der Waals surface area contributed by atoms with Gasteiger partial charge >= 0.3 is 0 Å². The lowest BCUT2D eigenvalue weighted by Crippen LogP contribution is -2.15. The summed E-state index contributed by atoms with van der Waals surface area (Å²) >= 11 is 0. The molecule has 5 rings (SSSR count). The second-order valence-electron chi connectivity index (χ2n) is 8.74. The zero-order chi connectivity index (χ0) is 26.3. The van der Waals surface area contributed by atoms with Crippen molar-refractivity contribution in [2.45, 2.75) is 13.3 Å². The van der Waals surface area contributed by atoms with Crippen molar-refractivity contribution < 1.29 is 18.3 Å². The number of aromatic nitrogens is 4. The molecule has 2 aromatic carbocycles. The van der Waals surface area contributed by atoms with Crippen molar-refractivity contribution in [1.82, 2.24) is 19.3 Å². The fraction of sp³-hybridized carbons (Fsp3) is 0.148. The van der Waals surface area contributed by atoms with Crippen LogP contribution in [0.3, 0.4) is 0 Å². The Morgan fingerprint density at radius 3 is 2.57 bits per heavy atom. The van der Waals surface area contributed by atoms with E-state index >= 15 is 0 Å². The molecule has 0 bridgehead atoms. The number of carbonyl (C=O) groups is 1. The number of pyridine rings is 1. The molecule has 10 heteroatoms. The summed E-state index contributed by atoms with van der Waals surface area (Å²) in [5, 5.41) is 7.82. The van der Waals surface area contributed by atoms with Crippen molar-refractivity contribution in [3.8, 4) is 22.6 Å². The molecule has 0 aliphatic carbocycles. The maximum absolute atomic E-state index is 14.4. The van der Waals surface area contributed by atoms with Gasteiger partial charge < -0.3 is 19.6 Å². The maximum atomic E-state index is 14.4. The number of hydrogen-bond acceptors (Lipinski definition) is 4. The normalized spacial score (nSPS) is 11.2. The van der Waals surface area contributed by atoms with Gasteiger partial charge in [-0.05, 0) is 49.4 Å². The topological polar surface area (TPSA) is 93.9 Å². The highest BCUT2D eigenvalue weighted by Gasteiger charge is 2.18. The van der Waals surface area contributed by atoms with Crippen molar-refractivity contribution in [3.63, 3.8) is 0 Å². The van der Waals surface area contributed by atoms with Crippen molar-refractivity contribution in [1.29, 1.82) is 0 Å². The Morgan fingerprint density at radius 2 is 1.84 bits per heavy atom. The van der Waals surface area contributed by atoms with Gasteiger partial charge in [0.1, 0.15) is 17.1 Å². The van der Waals surface area contributed by atoms with E-state index in [0.29, 0.717) is 33.4 Å². The maximum Gasteiger partial charge on any atom is 0.272 e. The van der Waals surface area contributed by atoms with Gasteiger partial charge in [0.15, 0.2) is 11.6 Å². The number of ether oxygens (including phenoxy) is 1. The van der Waals surface area contributed by atoms with Gasteiger partial charge in [0.2, 0.25) is 5.91 Å². The van der Waals surface area contributed by atoms with Crippen molar-refractivity contribution >= 4 is 22.5 Å². The van der Waals surface area contributed by atoms with Crippen molar-refractivity contribution in [2.75, 3.05) is 5.32 Å². The predicted octanol–water partition coefficient (Wildman–Crippen LogP) is 4.83. The molecule has 188 valence electrons. The molecule has 0 aliphatic rings. The van der Waals surface area contributed by atoms with E-state index < -0.39 is 11.6 Å².